The molecule has 0 radical (unpaired) electrons. The predicted octanol–water partition coefficient (Wildman–Crippen LogP) is 1.62. The molecule has 1 aliphatic rings. The fourth-order valence-electron chi connectivity index (χ4n) is 1.56. The first-order valence-electron chi connectivity index (χ1n) is 5.52. The molecule has 0 fully saturated rings. The maximum atomic E-state index is 4.42. The number of nitrogens with one attached hydrogen (secondary N) is 1. The van der Waals surface area contributed by atoms with Crippen LogP contribution in [0.15, 0.2) is 17.6 Å². The molecule has 1 aliphatic heterocycles. The zero-order valence-corrected chi connectivity index (χ0v) is 9.13. The molecule has 1 N–H and O–H groups in total. The maximum Gasteiger partial charge on any atom is 0.194 e. The highest BCUT2D eigenvalue weighted by Crippen LogP contribution is 1.99. The lowest BCUT2D eigenvalue weighted by Crippen LogP contribution is -2.38. The van der Waals surface area contributed by atoms with E-state index in [4.69, 9.17) is 0 Å². The summed E-state index contributed by atoms with van der Waals surface area (Å²) in [5.41, 5.74) is 0. The highest BCUT2D eigenvalue weighted by atomic mass is 15.3. The first-order valence-corrected chi connectivity index (χ1v) is 5.52. The molecule has 14 heavy (non-hydrogen) atoms. The van der Waals surface area contributed by atoms with Crippen molar-refractivity contribution >= 4 is 5.96 Å². The highest BCUT2D eigenvalue weighted by molar-refractivity contribution is 5.81. The van der Waals surface area contributed by atoms with Crippen molar-refractivity contribution < 1.29 is 0 Å². The van der Waals surface area contributed by atoms with E-state index in [-0.39, 0.29) is 0 Å². The standard InChI is InChI=1S/C11H21N3/c1-3-5-6-7-12-11-13-8-10-14(11)9-4-2/h4H,2-3,5-10H2,1H3,(H,12,13). The van der Waals surface area contributed by atoms with Crippen LogP contribution in [-0.2, 0) is 0 Å². The van der Waals surface area contributed by atoms with Crippen LogP contribution >= 0.6 is 0 Å². The third kappa shape index (κ3) is 3.40. The van der Waals surface area contributed by atoms with Crippen molar-refractivity contribution in [2.75, 3.05) is 26.2 Å². The van der Waals surface area contributed by atoms with Crippen LogP contribution in [0.25, 0.3) is 0 Å². The van der Waals surface area contributed by atoms with E-state index < -0.39 is 0 Å². The van der Waals surface area contributed by atoms with Crippen molar-refractivity contribution in [1.29, 1.82) is 0 Å². The zero-order valence-electron chi connectivity index (χ0n) is 9.13. The van der Waals surface area contributed by atoms with Gasteiger partial charge in [0.1, 0.15) is 0 Å². The maximum absolute atomic E-state index is 4.42. The van der Waals surface area contributed by atoms with E-state index >= 15 is 0 Å². The first-order chi connectivity index (χ1) is 6.88. The Kier molecular flexibility index (Phi) is 5.12. The highest BCUT2D eigenvalue weighted by Gasteiger charge is 2.13. The summed E-state index contributed by atoms with van der Waals surface area (Å²) in [7, 11) is 0. The van der Waals surface area contributed by atoms with Crippen LogP contribution in [0.5, 0.6) is 0 Å². The number of hydrogen-bond acceptors (Lipinski definition) is 3. The van der Waals surface area contributed by atoms with Crippen molar-refractivity contribution in [1.82, 2.24) is 10.2 Å². The van der Waals surface area contributed by atoms with Gasteiger partial charge in [0.25, 0.3) is 0 Å². The molecule has 0 amide bonds. The van der Waals surface area contributed by atoms with Crippen LogP contribution in [-0.4, -0.2) is 37.0 Å². The summed E-state index contributed by atoms with van der Waals surface area (Å²) in [4.78, 5) is 6.65. The van der Waals surface area contributed by atoms with Crippen LogP contribution in [0.1, 0.15) is 26.2 Å². The molecule has 1 rings (SSSR count). The van der Waals surface area contributed by atoms with Gasteiger partial charge in [0.15, 0.2) is 5.96 Å². The van der Waals surface area contributed by atoms with Crippen LogP contribution in [0.3, 0.4) is 0 Å². The normalized spacial score (nSPS) is 15.5. The molecule has 0 aromatic heterocycles. The second-order valence-electron chi connectivity index (χ2n) is 3.57. The topological polar surface area (TPSA) is 27.6 Å². The minimum absolute atomic E-state index is 0.902. The summed E-state index contributed by atoms with van der Waals surface area (Å²) in [5, 5.41) is 3.38. The fourth-order valence-corrected chi connectivity index (χ4v) is 1.56. The smallest absolute Gasteiger partial charge is 0.194 e. The lowest BCUT2D eigenvalue weighted by Gasteiger charge is -2.18. The SMILES string of the molecule is C=CCN1CCN=C1NCCCCC. The molecule has 0 aromatic carbocycles. The minimum Gasteiger partial charge on any atom is -0.356 e. The van der Waals surface area contributed by atoms with Gasteiger partial charge in [-0.1, -0.05) is 25.8 Å². The molecule has 0 saturated heterocycles. The quantitative estimate of drug-likeness (QED) is 0.515. The molecule has 0 aromatic rings. The lowest BCUT2D eigenvalue weighted by molar-refractivity contribution is 0.487. The van der Waals surface area contributed by atoms with Gasteiger partial charge in [-0.2, -0.15) is 0 Å². The Labute approximate surface area is 86.9 Å². The Hall–Kier alpha value is -0.990. The molecule has 80 valence electrons. The molecule has 0 spiro atoms. The summed E-state index contributed by atoms with van der Waals surface area (Å²) >= 11 is 0. The van der Waals surface area contributed by atoms with Gasteiger partial charge in [-0.3, -0.25) is 4.99 Å². The van der Waals surface area contributed by atoms with Gasteiger partial charge in [-0.05, 0) is 6.42 Å². The van der Waals surface area contributed by atoms with E-state index in [1.54, 1.807) is 0 Å². The minimum atomic E-state index is 0.902. The van der Waals surface area contributed by atoms with Crippen molar-refractivity contribution in [3.8, 4) is 0 Å². The van der Waals surface area contributed by atoms with Crippen LogP contribution in [0.4, 0.5) is 0 Å². The molecule has 3 nitrogen and oxygen atoms in total. The second kappa shape index (κ2) is 6.46. The van der Waals surface area contributed by atoms with Gasteiger partial charge in [0.2, 0.25) is 0 Å². The van der Waals surface area contributed by atoms with Crippen LogP contribution in [0, 0.1) is 0 Å². The monoisotopic (exact) mass is 195 g/mol. The van der Waals surface area contributed by atoms with Crippen LogP contribution in [0.2, 0.25) is 0 Å². The molecule has 0 unspecified atom stereocenters. The molecular formula is C11H21N3. The summed E-state index contributed by atoms with van der Waals surface area (Å²) in [6.07, 6.45) is 5.72. The Balaban J connectivity index is 2.18. The molecule has 0 saturated carbocycles. The second-order valence-corrected chi connectivity index (χ2v) is 3.57. The lowest BCUT2D eigenvalue weighted by atomic mass is 10.2. The van der Waals surface area contributed by atoms with E-state index in [0.29, 0.717) is 0 Å². The summed E-state index contributed by atoms with van der Waals surface area (Å²) < 4.78 is 0. The fraction of sp³-hybridized carbons (Fsp3) is 0.727. The summed E-state index contributed by atoms with van der Waals surface area (Å²) in [5.74, 6) is 1.06. The number of aliphatic imine (C=N–C) groups is 1. The van der Waals surface area contributed by atoms with Gasteiger partial charge in [-0.25, -0.2) is 0 Å². The van der Waals surface area contributed by atoms with E-state index in [2.05, 4.69) is 28.7 Å². The predicted molar refractivity (Wildman–Crippen MR) is 61.6 cm³/mol. The number of unbranched alkanes of at least 4 members (excludes halogenated alkanes) is 2. The Morgan fingerprint density at radius 3 is 3.14 bits per heavy atom. The molecule has 3 heteroatoms. The number of guanidine groups is 1. The number of nitrogens with zero attached hydrogens (tertiary/aromatic N) is 2. The van der Waals surface area contributed by atoms with Crippen molar-refractivity contribution in [3.05, 3.63) is 12.7 Å². The molecule has 0 atom stereocenters. The molecule has 0 bridgehead atoms. The summed E-state index contributed by atoms with van der Waals surface area (Å²) in [6, 6.07) is 0. The van der Waals surface area contributed by atoms with E-state index in [0.717, 1.165) is 32.1 Å². The van der Waals surface area contributed by atoms with Crippen LogP contribution < -0.4 is 5.32 Å². The molecule has 1 heterocycles. The summed E-state index contributed by atoms with van der Waals surface area (Å²) in [6.45, 7) is 9.86. The van der Waals surface area contributed by atoms with Crippen molar-refractivity contribution in [3.63, 3.8) is 0 Å². The molecule has 0 aliphatic carbocycles. The van der Waals surface area contributed by atoms with Crippen molar-refractivity contribution in [2.24, 2.45) is 4.99 Å². The average molecular weight is 195 g/mol. The Morgan fingerprint density at radius 1 is 1.57 bits per heavy atom. The van der Waals surface area contributed by atoms with Gasteiger partial charge < -0.3 is 10.2 Å². The van der Waals surface area contributed by atoms with Gasteiger partial charge >= 0.3 is 0 Å². The van der Waals surface area contributed by atoms with Gasteiger partial charge in [0.05, 0.1) is 6.54 Å². The van der Waals surface area contributed by atoms with Gasteiger partial charge in [-0.15, -0.1) is 6.58 Å². The zero-order chi connectivity index (χ0) is 10.2. The van der Waals surface area contributed by atoms with Crippen molar-refractivity contribution in [2.45, 2.75) is 26.2 Å². The average Bonchev–Trinajstić information content (AvgIpc) is 2.61. The number of hydrogen-bond donors (Lipinski definition) is 1. The largest absolute Gasteiger partial charge is 0.356 e. The Bertz CT molecular complexity index is 199. The van der Waals surface area contributed by atoms with E-state index in [9.17, 15) is 0 Å². The third-order valence-electron chi connectivity index (χ3n) is 2.34. The first kappa shape index (κ1) is 11.1. The Morgan fingerprint density at radius 2 is 2.43 bits per heavy atom. The number of rotatable bonds is 6. The van der Waals surface area contributed by atoms with E-state index in [1.807, 2.05) is 6.08 Å². The molecular weight excluding hydrogens is 174 g/mol. The van der Waals surface area contributed by atoms with E-state index in [1.165, 1.54) is 19.3 Å². The van der Waals surface area contributed by atoms with Gasteiger partial charge in [0, 0.05) is 19.6 Å². The third-order valence-corrected chi connectivity index (χ3v) is 2.34.